The molecule has 0 amide bonds. The lowest BCUT2D eigenvalue weighted by molar-refractivity contribution is -0.135. The second kappa shape index (κ2) is 6.72. The van der Waals surface area contributed by atoms with Gasteiger partial charge >= 0.3 is 11.4 Å². The Morgan fingerprint density at radius 2 is 1.48 bits per heavy atom. The first kappa shape index (κ1) is 20.5. The maximum atomic E-state index is 13.9. The zero-order chi connectivity index (χ0) is 17.1. The largest absolute Gasteiger partial charge is 0.743 e. The molecule has 0 bridgehead atoms. The van der Waals surface area contributed by atoms with Gasteiger partial charge in [-0.2, -0.15) is 22.0 Å². The van der Waals surface area contributed by atoms with Gasteiger partial charge in [0.15, 0.2) is 15.8 Å². The number of alkyl halides is 6. The molecule has 3 nitrogen and oxygen atoms in total. The third-order valence-electron chi connectivity index (χ3n) is 3.41. The van der Waals surface area contributed by atoms with Gasteiger partial charge < -0.3 is 4.55 Å². The normalized spacial score (nSPS) is 18.3. The third-order valence-corrected chi connectivity index (χ3v) is 4.43. The Hall–Kier alpha value is -0.510. The second-order valence-electron chi connectivity index (χ2n) is 5.16. The van der Waals surface area contributed by atoms with E-state index in [1.54, 1.807) is 0 Å². The van der Waals surface area contributed by atoms with E-state index in [0.29, 0.717) is 6.92 Å². The summed E-state index contributed by atoms with van der Waals surface area (Å²) in [6, 6.07) is 0. The molecule has 0 aromatic rings. The third kappa shape index (κ3) is 5.65. The molecule has 0 saturated heterocycles. The molecule has 128 valence electrons. The Kier molecular flexibility index (Phi) is 6.56. The summed E-state index contributed by atoms with van der Waals surface area (Å²) in [6.07, 6.45) is -5.77. The lowest BCUT2D eigenvalue weighted by Crippen LogP contribution is -2.51. The van der Waals surface area contributed by atoms with E-state index in [1.165, 1.54) is 0 Å². The minimum Gasteiger partial charge on any atom is -0.743 e. The molecule has 21 heavy (non-hydrogen) atoms. The number of hydrogen-bond donors (Lipinski definition) is 0. The fourth-order valence-electron chi connectivity index (χ4n) is 1.76. The maximum Gasteiger partial charge on any atom is 0.389 e. The van der Waals surface area contributed by atoms with E-state index in [1.807, 2.05) is 0 Å². The summed E-state index contributed by atoms with van der Waals surface area (Å²) >= 11 is 0. The van der Waals surface area contributed by atoms with Gasteiger partial charge in [0.05, 0.1) is 0 Å². The van der Waals surface area contributed by atoms with Crippen LogP contribution in [0.4, 0.5) is 26.3 Å². The molecular weight excluding hydrogens is 326 g/mol. The molecule has 2 atom stereocenters. The van der Waals surface area contributed by atoms with Gasteiger partial charge in [-0.05, 0) is 25.7 Å². The van der Waals surface area contributed by atoms with Crippen LogP contribution in [0.1, 0.15) is 46.0 Å². The molecule has 0 rings (SSSR count). The zero-order valence-electron chi connectivity index (χ0n) is 11.5. The summed E-state index contributed by atoms with van der Waals surface area (Å²) in [5.41, 5.74) is -3.59. The molecule has 0 radical (unpaired) electrons. The van der Waals surface area contributed by atoms with Crippen LogP contribution in [0.5, 0.6) is 0 Å². The van der Waals surface area contributed by atoms with Crippen molar-refractivity contribution < 1.29 is 39.3 Å². The minimum absolute atomic E-state index is 0.0196. The summed E-state index contributed by atoms with van der Waals surface area (Å²) in [4.78, 5) is 0. The van der Waals surface area contributed by atoms with E-state index >= 15 is 0 Å². The van der Waals surface area contributed by atoms with Crippen LogP contribution in [-0.2, 0) is 10.1 Å². The SMILES string of the molecule is CC(CCCCCC(F)(F)F)C(C)(F)C(F)(F)S(=O)(=O)[O-]. The quantitative estimate of drug-likeness (QED) is 0.380. The molecule has 10 heteroatoms. The van der Waals surface area contributed by atoms with E-state index in [9.17, 15) is 39.3 Å². The summed E-state index contributed by atoms with van der Waals surface area (Å²) < 4.78 is 107. The fourth-order valence-corrected chi connectivity index (χ4v) is 2.45. The highest BCUT2D eigenvalue weighted by Gasteiger charge is 2.59. The summed E-state index contributed by atoms with van der Waals surface area (Å²) in [7, 11) is -6.17. The molecule has 0 saturated carbocycles. The number of rotatable bonds is 8. The van der Waals surface area contributed by atoms with Gasteiger partial charge in [-0.25, -0.2) is 12.8 Å². The number of unbranched alkanes of at least 4 members (excludes halogenated alkanes) is 2. The molecular formula is C11H17F6O3S-. The van der Waals surface area contributed by atoms with E-state index in [-0.39, 0.29) is 25.7 Å². The smallest absolute Gasteiger partial charge is 0.389 e. The van der Waals surface area contributed by atoms with Gasteiger partial charge in [0.25, 0.3) is 0 Å². The van der Waals surface area contributed by atoms with E-state index in [0.717, 1.165) is 6.92 Å². The van der Waals surface area contributed by atoms with Crippen LogP contribution >= 0.6 is 0 Å². The topological polar surface area (TPSA) is 57.2 Å². The first-order valence-corrected chi connectivity index (χ1v) is 7.62. The predicted molar refractivity (Wildman–Crippen MR) is 62.5 cm³/mol. The fraction of sp³-hybridized carbons (Fsp3) is 1.00. The van der Waals surface area contributed by atoms with Gasteiger partial charge in [-0.1, -0.05) is 19.8 Å². The molecule has 0 aliphatic rings. The Labute approximate surface area is 119 Å². The van der Waals surface area contributed by atoms with Gasteiger partial charge in [0, 0.05) is 6.42 Å². The van der Waals surface area contributed by atoms with Crippen LogP contribution in [0, 0.1) is 5.92 Å². The van der Waals surface area contributed by atoms with Crippen LogP contribution in [0.3, 0.4) is 0 Å². The van der Waals surface area contributed by atoms with Crippen molar-refractivity contribution in [2.45, 2.75) is 63.1 Å². The van der Waals surface area contributed by atoms with Crippen LogP contribution in [0.15, 0.2) is 0 Å². The summed E-state index contributed by atoms with van der Waals surface area (Å²) in [5, 5.41) is -5.09. The number of hydrogen-bond acceptors (Lipinski definition) is 3. The highest BCUT2D eigenvalue weighted by molar-refractivity contribution is 7.86. The Morgan fingerprint density at radius 1 is 1.00 bits per heavy atom. The molecule has 0 N–H and O–H groups in total. The Bertz CT molecular complexity index is 430. The standard InChI is InChI=1S/C11H18F6O3S/c1-8(6-4-3-5-7-10(13,14)15)9(2,12)11(16,17)21(18,19)20/h8H,3-7H2,1-2H3,(H,18,19,20)/p-1. The lowest BCUT2D eigenvalue weighted by atomic mass is 9.88. The van der Waals surface area contributed by atoms with Crippen LogP contribution in [0.25, 0.3) is 0 Å². The molecule has 0 spiro atoms. The minimum atomic E-state index is -6.17. The number of halogens is 6. The molecule has 2 unspecified atom stereocenters. The first-order valence-electron chi connectivity index (χ1n) is 6.22. The van der Waals surface area contributed by atoms with Gasteiger partial charge in [-0.3, -0.25) is 0 Å². The van der Waals surface area contributed by atoms with E-state index in [2.05, 4.69) is 0 Å². The lowest BCUT2D eigenvalue weighted by Gasteiger charge is -2.36. The summed E-state index contributed by atoms with van der Waals surface area (Å²) in [5.74, 6) is -1.50. The predicted octanol–water partition coefficient (Wildman–Crippen LogP) is 4.00. The van der Waals surface area contributed by atoms with E-state index < -0.39 is 39.6 Å². The molecule has 0 aromatic carbocycles. The highest BCUT2D eigenvalue weighted by atomic mass is 32.2. The van der Waals surface area contributed by atoms with Crippen molar-refractivity contribution in [2.24, 2.45) is 5.92 Å². The van der Waals surface area contributed by atoms with Crippen LogP contribution in [-0.4, -0.2) is 30.1 Å². The Balaban J connectivity index is 4.49. The average molecular weight is 343 g/mol. The molecule has 0 aliphatic carbocycles. The van der Waals surface area contributed by atoms with Crippen LogP contribution in [0.2, 0.25) is 0 Å². The molecule has 0 aromatic heterocycles. The highest BCUT2D eigenvalue weighted by Crippen LogP contribution is 2.43. The van der Waals surface area contributed by atoms with Gasteiger partial charge in [0.2, 0.25) is 0 Å². The van der Waals surface area contributed by atoms with Crippen molar-refractivity contribution in [1.82, 2.24) is 0 Å². The monoisotopic (exact) mass is 343 g/mol. The van der Waals surface area contributed by atoms with Crippen molar-refractivity contribution in [2.75, 3.05) is 0 Å². The van der Waals surface area contributed by atoms with Crippen molar-refractivity contribution in [3.8, 4) is 0 Å². The molecule has 0 aliphatic heterocycles. The van der Waals surface area contributed by atoms with E-state index in [4.69, 9.17) is 0 Å². The van der Waals surface area contributed by atoms with Crippen LogP contribution < -0.4 is 0 Å². The average Bonchev–Trinajstić information content (AvgIpc) is 2.24. The molecule has 0 heterocycles. The summed E-state index contributed by atoms with van der Waals surface area (Å²) in [6.45, 7) is 1.30. The maximum absolute atomic E-state index is 13.9. The van der Waals surface area contributed by atoms with Crippen molar-refractivity contribution in [1.29, 1.82) is 0 Å². The van der Waals surface area contributed by atoms with Gasteiger partial charge in [-0.15, -0.1) is 0 Å². The van der Waals surface area contributed by atoms with Crippen molar-refractivity contribution in [3.63, 3.8) is 0 Å². The first-order chi connectivity index (χ1) is 9.13. The zero-order valence-corrected chi connectivity index (χ0v) is 12.3. The second-order valence-corrected chi connectivity index (χ2v) is 6.58. The van der Waals surface area contributed by atoms with Gasteiger partial charge in [0.1, 0.15) is 0 Å². The Morgan fingerprint density at radius 3 is 1.86 bits per heavy atom. The van der Waals surface area contributed by atoms with Crippen molar-refractivity contribution >= 4 is 10.1 Å². The molecule has 0 fully saturated rings. The van der Waals surface area contributed by atoms with Crippen molar-refractivity contribution in [3.05, 3.63) is 0 Å².